The van der Waals surface area contributed by atoms with Crippen LogP contribution in [0.15, 0.2) is 0 Å². The number of halogens is 6. The van der Waals surface area contributed by atoms with Crippen LogP contribution in [0.2, 0.25) is 0 Å². The highest BCUT2D eigenvalue weighted by Crippen LogP contribution is 2.40. The second kappa shape index (κ2) is 3.96. The Morgan fingerprint density at radius 2 is 1.50 bits per heavy atom. The maximum Gasteiger partial charge on any atom is 0.389 e. The van der Waals surface area contributed by atoms with Gasteiger partial charge in [-0.15, -0.1) is 0 Å². The molecular formula is C7H10F6O. The van der Waals surface area contributed by atoms with Gasteiger partial charge in [-0.2, -0.15) is 8.78 Å². The van der Waals surface area contributed by atoms with Crippen LogP contribution in [0, 0.1) is 0 Å². The zero-order valence-electron chi connectivity index (χ0n) is 7.59. The molecule has 0 radical (unpaired) electrons. The Labute approximate surface area is 77.0 Å². The molecule has 7 heteroatoms. The average Bonchev–Trinajstić information content (AvgIpc) is 2.02. The molecule has 0 heterocycles. The fourth-order valence-corrected chi connectivity index (χ4v) is 0.849. The molecule has 0 saturated heterocycles. The molecule has 0 N–H and O–H groups in total. The number of hydrogen-bond acceptors (Lipinski definition) is 1. The Morgan fingerprint density at radius 3 is 1.79 bits per heavy atom. The number of alkyl halides is 6. The van der Waals surface area contributed by atoms with E-state index < -0.39 is 30.8 Å². The molecule has 14 heavy (non-hydrogen) atoms. The Hall–Kier alpha value is -0.460. The number of methoxy groups -OCH3 is 1. The summed E-state index contributed by atoms with van der Waals surface area (Å²) in [6, 6.07) is 0. The predicted molar refractivity (Wildman–Crippen MR) is 37.0 cm³/mol. The van der Waals surface area contributed by atoms with Crippen molar-refractivity contribution in [3.8, 4) is 0 Å². The fourth-order valence-electron chi connectivity index (χ4n) is 0.849. The van der Waals surface area contributed by atoms with E-state index in [0.29, 0.717) is 7.11 Å². The van der Waals surface area contributed by atoms with Crippen molar-refractivity contribution in [1.29, 1.82) is 0 Å². The summed E-state index contributed by atoms with van der Waals surface area (Å²) in [6.45, 7) is -1.95. The highest BCUT2D eigenvalue weighted by Gasteiger charge is 2.56. The smallest absolute Gasteiger partial charge is 0.321 e. The van der Waals surface area contributed by atoms with E-state index in [4.69, 9.17) is 0 Å². The van der Waals surface area contributed by atoms with E-state index in [2.05, 4.69) is 4.74 Å². The molecule has 0 saturated carbocycles. The molecule has 0 aromatic rings. The van der Waals surface area contributed by atoms with Gasteiger partial charge in [0, 0.05) is 7.11 Å². The molecule has 86 valence electrons. The van der Waals surface area contributed by atoms with E-state index >= 15 is 0 Å². The summed E-state index contributed by atoms with van der Waals surface area (Å²) in [5.74, 6) is -4.12. The van der Waals surface area contributed by atoms with Gasteiger partial charge in [-0.3, -0.25) is 0 Å². The summed E-state index contributed by atoms with van der Waals surface area (Å²) in [6.07, 6.45) is -6.30. The minimum Gasteiger partial charge on any atom is -0.321 e. The molecule has 0 aliphatic heterocycles. The normalized spacial score (nSPS) is 18.0. The topological polar surface area (TPSA) is 9.23 Å². The van der Waals surface area contributed by atoms with Crippen LogP contribution in [0.3, 0.4) is 0 Å². The van der Waals surface area contributed by atoms with Crippen LogP contribution < -0.4 is 0 Å². The van der Waals surface area contributed by atoms with E-state index in [1.807, 2.05) is 0 Å². The average molecular weight is 224 g/mol. The van der Waals surface area contributed by atoms with Gasteiger partial charge in [0.2, 0.25) is 5.67 Å². The fraction of sp³-hybridized carbons (Fsp3) is 1.00. The van der Waals surface area contributed by atoms with Crippen molar-refractivity contribution in [3.05, 3.63) is 0 Å². The Bertz CT molecular complexity index is 191. The summed E-state index contributed by atoms with van der Waals surface area (Å²) in [7, 11) is 0.478. The minimum absolute atomic E-state index is 0.236. The van der Waals surface area contributed by atoms with Crippen LogP contribution in [-0.4, -0.2) is 31.5 Å². The SMILES string of the molecule is COC(F)(F)C(C)(F)CC(F)(F)CF. The van der Waals surface area contributed by atoms with Gasteiger partial charge in [-0.25, -0.2) is 17.6 Å². The highest BCUT2D eigenvalue weighted by molar-refractivity contribution is 4.88. The molecule has 1 atom stereocenters. The van der Waals surface area contributed by atoms with Gasteiger partial charge in [0.1, 0.15) is 0 Å². The molecule has 0 fully saturated rings. The van der Waals surface area contributed by atoms with E-state index in [9.17, 15) is 26.3 Å². The van der Waals surface area contributed by atoms with Crippen LogP contribution >= 0.6 is 0 Å². The lowest BCUT2D eigenvalue weighted by Crippen LogP contribution is -2.47. The van der Waals surface area contributed by atoms with Crippen LogP contribution in [-0.2, 0) is 4.74 Å². The summed E-state index contributed by atoms with van der Waals surface area (Å²) >= 11 is 0. The number of ether oxygens (including phenoxy) is 1. The first-order chi connectivity index (χ1) is 6.08. The lowest BCUT2D eigenvalue weighted by atomic mass is 9.99. The van der Waals surface area contributed by atoms with Crippen molar-refractivity contribution in [1.82, 2.24) is 0 Å². The summed E-state index contributed by atoms with van der Waals surface area (Å²) in [4.78, 5) is 0. The number of hydrogen-bond donors (Lipinski definition) is 0. The molecule has 0 aromatic carbocycles. The second-order valence-electron chi connectivity index (χ2n) is 3.08. The second-order valence-corrected chi connectivity index (χ2v) is 3.08. The van der Waals surface area contributed by atoms with Crippen molar-refractivity contribution in [2.75, 3.05) is 13.8 Å². The van der Waals surface area contributed by atoms with Crippen LogP contribution in [0.25, 0.3) is 0 Å². The monoisotopic (exact) mass is 224 g/mol. The van der Waals surface area contributed by atoms with Gasteiger partial charge in [-0.05, 0) is 6.92 Å². The van der Waals surface area contributed by atoms with Gasteiger partial charge < -0.3 is 4.74 Å². The minimum atomic E-state index is -4.37. The molecule has 0 spiro atoms. The first-order valence-corrected chi connectivity index (χ1v) is 3.64. The molecule has 1 unspecified atom stereocenters. The Kier molecular flexibility index (Phi) is 3.83. The molecule has 0 aliphatic rings. The molecule has 0 rings (SSSR count). The van der Waals surface area contributed by atoms with E-state index in [-0.39, 0.29) is 6.92 Å². The summed E-state index contributed by atoms with van der Waals surface area (Å²) in [5.41, 5.74) is -3.61. The molecule has 0 aliphatic carbocycles. The first kappa shape index (κ1) is 13.5. The third-order valence-electron chi connectivity index (χ3n) is 1.65. The molecular weight excluding hydrogens is 214 g/mol. The molecule has 1 nitrogen and oxygen atoms in total. The zero-order valence-corrected chi connectivity index (χ0v) is 7.59. The number of rotatable bonds is 5. The maximum absolute atomic E-state index is 13.0. The van der Waals surface area contributed by atoms with Crippen LogP contribution in [0.5, 0.6) is 0 Å². The summed E-state index contributed by atoms with van der Waals surface area (Å²) in [5, 5.41) is 0. The van der Waals surface area contributed by atoms with Crippen molar-refractivity contribution < 1.29 is 31.1 Å². The van der Waals surface area contributed by atoms with Crippen molar-refractivity contribution >= 4 is 0 Å². The van der Waals surface area contributed by atoms with E-state index in [1.54, 1.807) is 0 Å². The zero-order chi connectivity index (χ0) is 11.6. The van der Waals surface area contributed by atoms with Gasteiger partial charge in [0.25, 0.3) is 5.92 Å². The van der Waals surface area contributed by atoms with Crippen LogP contribution in [0.4, 0.5) is 26.3 Å². The lowest BCUT2D eigenvalue weighted by molar-refractivity contribution is -0.305. The molecule has 0 bridgehead atoms. The van der Waals surface area contributed by atoms with E-state index in [0.717, 1.165) is 0 Å². The molecule has 0 amide bonds. The Balaban J connectivity index is 4.64. The third kappa shape index (κ3) is 3.04. The van der Waals surface area contributed by atoms with Crippen molar-refractivity contribution in [2.45, 2.75) is 31.0 Å². The standard InChI is InChI=1S/C7H10F6O/c1-5(9,7(12,13)14-2)3-6(10,11)4-8/h3-4H2,1-2H3. The van der Waals surface area contributed by atoms with Gasteiger partial charge in [0.15, 0.2) is 6.67 Å². The molecule has 0 aromatic heterocycles. The lowest BCUT2D eigenvalue weighted by Gasteiger charge is -2.30. The maximum atomic E-state index is 13.0. The third-order valence-corrected chi connectivity index (χ3v) is 1.65. The van der Waals surface area contributed by atoms with Crippen LogP contribution in [0.1, 0.15) is 13.3 Å². The Morgan fingerprint density at radius 1 is 1.07 bits per heavy atom. The first-order valence-electron chi connectivity index (χ1n) is 3.64. The van der Waals surface area contributed by atoms with Gasteiger partial charge in [-0.1, -0.05) is 0 Å². The summed E-state index contributed by atoms with van der Waals surface area (Å²) < 4.78 is 77.8. The van der Waals surface area contributed by atoms with Gasteiger partial charge in [0.05, 0.1) is 6.42 Å². The van der Waals surface area contributed by atoms with Crippen molar-refractivity contribution in [3.63, 3.8) is 0 Å². The van der Waals surface area contributed by atoms with Gasteiger partial charge >= 0.3 is 6.11 Å². The van der Waals surface area contributed by atoms with Crippen molar-refractivity contribution in [2.24, 2.45) is 0 Å². The predicted octanol–water partition coefficient (Wildman–Crippen LogP) is 2.95. The quantitative estimate of drug-likeness (QED) is 0.652. The van der Waals surface area contributed by atoms with E-state index in [1.165, 1.54) is 0 Å². The highest BCUT2D eigenvalue weighted by atomic mass is 19.3. The largest absolute Gasteiger partial charge is 0.389 e.